The van der Waals surface area contributed by atoms with Gasteiger partial charge in [0.15, 0.2) is 0 Å². The van der Waals surface area contributed by atoms with E-state index in [1.807, 2.05) is 60.7 Å². The SMILES string of the molecule is Cc1cccc(N2CN(C)N=N2)c1COc1ccn(-c2ccc(Cl)cc2)n1. The Labute approximate surface area is 162 Å². The number of hydrogen-bond acceptors (Lipinski definition) is 6. The Morgan fingerprint density at radius 2 is 1.89 bits per heavy atom. The molecular weight excluding hydrogens is 364 g/mol. The number of halogens is 1. The molecule has 0 radical (unpaired) electrons. The molecule has 1 aromatic heterocycles. The normalized spacial score (nSPS) is 13.4. The van der Waals surface area contributed by atoms with Crippen LogP contribution in [-0.4, -0.2) is 28.5 Å². The van der Waals surface area contributed by atoms with Crippen molar-refractivity contribution in [1.82, 2.24) is 14.8 Å². The lowest BCUT2D eigenvalue weighted by molar-refractivity contribution is 0.291. The molecule has 8 heteroatoms. The molecule has 0 atom stereocenters. The summed E-state index contributed by atoms with van der Waals surface area (Å²) in [6.45, 7) is 3.07. The standard InChI is InChI=1S/C19H19ClN6O/c1-14-4-3-5-18(26-13-24(2)22-23-26)17(14)12-27-19-10-11-25(21-19)16-8-6-15(20)7-9-16/h3-11H,12-13H2,1-2H3. The van der Waals surface area contributed by atoms with Gasteiger partial charge in [-0.2, -0.15) is 0 Å². The third-order valence-corrected chi connectivity index (χ3v) is 4.58. The van der Waals surface area contributed by atoms with Gasteiger partial charge >= 0.3 is 0 Å². The molecule has 0 unspecified atom stereocenters. The smallest absolute Gasteiger partial charge is 0.233 e. The Morgan fingerprint density at radius 1 is 1.07 bits per heavy atom. The molecule has 27 heavy (non-hydrogen) atoms. The molecular formula is C19H19ClN6O. The molecule has 1 aliphatic rings. The van der Waals surface area contributed by atoms with Crippen LogP contribution in [0.3, 0.4) is 0 Å². The van der Waals surface area contributed by atoms with Crippen LogP contribution in [-0.2, 0) is 6.61 Å². The molecule has 4 rings (SSSR count). The summed E-state index contributed by atoms with van der Waals surface area (Å²) in [7, 11) is 1.89. The maximum absolute atomic E-state index is 5.96. The van der Waals surface area contributed by atoms with Crippen LogP contribution < -0.4 is 9.75 Å². The van der Waals surface area contributed by atoms with Gasteiger partial charge in [0.05, 0.1) is 11.4 Å². The number of hydrogen-bond donors (Lipinski definition) is 0. The molecule has 0 spiro atoms. The number of aromatic nitrogens is 2. The Kier molecular flexibility index (Phi) is 4.68. The molecule has 0 N–H and O–H groups in total. The topological polar surface area (TPSA) is 58.2 Å². The zero-order valence-corrected chi connectivity index (χ0v) is 15.8. The maximum atomic E-state index is 5.96. The van der Waals surface area contributed by atoms with Crippen molar-refractivity contribution in [2.75, 3.05) is 18.7 Å². The van der Waals surface area contributed by atoms with Gasteiger partial charge in [-0.05, 0) is 48.0 Å². The lowest BCUT2D eigenvalue weighted by Gasteiger charge is -2.19. The van der Waals surface area contributed by atoms with Gasteiger partial charge in [-0.15, -0.1) is 5.10 Å². The first-order valence-electron chi connectivity index (χ1n) is 8.53. The second-order valence-corrected chi connectivity index (χ2v) is 6.75. The first-order chi connectivity index (χ1) is 13.1. The van der Waals surface area contributed by atoms with Crippen LogP contribution in [0.5, 0.6) is 5.88 Å². The van der Waals surface area contributed by atoms with Crippen LogP contribution in [0.1, 0.15) is 11.1 Å². The highest BCUT2D eigenvalue weighted by Gasteiger charge is 2.19. The number of aryl methyl sites for hydroxylation is 1. The van der Waals surface area contributed by atoms with Crippen molar-refractivity contribution in [3.63, 3.8) is 0 Å². The second kappa shape index (κ2) is 7.28. The van der Waals surface area contributed by atoms with Crippen molar-refractivity contribution >= 4 is 17.3 Å². The highest BCUT2D eigenvalue weighted by Crippen LogP contribution is 2.27. The summed E-state index contributed by atoms with van der Waals surface area (Å²) in [5.41, 5.74) is 4.11. The van der Waals surface area contributed by atoms with E-state index in [-0.39, 0.29) is 0 Å². The molecule has 0 aliphatic carbocycles. The second-order valence-electron chi connectivity index (χ2n) is 6.31. The number of rotatable bonds is 5. The van der Waals surface area contributed by atoms with Crippen LogP contribution in [0.2, 0.25) is 5.02 Å². The summed E-state index contributed by atoms with van der Waals surface area (Å²) in [6, 6.07) is 15.4. The third-order valence-electron chi connectivity index (χ3n) is 4.32. The van der Waals surface area contributed by atoms with Crippen molar-refractivity contribution in [2.24, 2.45) is 10.4 Å². The molecule has 3 aromatic rings. The monoisotopic (exact) mass is 382 g/mol. The highest BCUT2D eigenvalue weighted by atomic mass is 35.5. The molecule has 0 fully saturated rings. The van der Waals surface area contributed by atoms with Gasteiger partial charge in [-0.3, -0.25) is 5.01 Å². The van der Waals surface area contributed by atoms with Crippen LogP contribution in [0.15, 0.2) is 65.2 Å². The van der Waals surface area contributed by atoms with E-state index in [4.69, 9.17) is 16.3 Å². The van der Waals surface area contributed by atoms with E-state index in [1.165, 1.54) is 0 Å². The number of ether oxygens (including phenoxy) is 1. The predicted octanol–water partition coefficient (Wildman–Crippen LogP) is 4.40. The van der Waals surface area contributed by atoms with Gasteiger partial charge in [-0.1, -0.05) is 29.0 Å². The fraction of sp³-hybridized carbons (Fsp3) is 0.211. The Balaban J connectivity index is 1.51. The van der Waals surface area contributed by atoms with E-state index < -0.39 is 0 Å². The van der Waals surface area contributed by atoms with Crippen LogP contribution in [0.4, 0.5) is 5.69 Å². The van der Waals surface area contributed by atoms with Gasteiger partial charge in [0, 0.05) is 29.9 Å². The van der Waals surface area contributed by atoms with Crippen molar-refractivity contribution in [3.8, 4) is 11.6 Å². The van der Waals surface area contributed by atoms with Crippen LogP contribution in [0, 0.1) is 6.92 Å². The van der Waals surface area contributed by atoms with Gasteiger partial charge in [-0.25, -0.2) is 9.69 Å². The van der Waals surface area contributed by atoms with Crippen LogP contribution >= 0.6 is 11.6 Å². The molecule has 1 aliphatic heterocycles. The highest BCUT2D eigenvalue weighted by molar-refractivity contribution is 6.30. The van der Waals surface area contributed by atoms with Gasteiger partial charge in [0.1, 0.15) is 13.3 Å². The summed E-state index contributed by atoms with van der Waals surface area (Å²) < 4.78 is 7.71. The summed E-state index contributed by atoms with van der Waals surface area (Å²) >= 11 is 5.94. The first kappa shape index (κ1) is 17.4. The number of anilines is 1. The fourth-order valence-electron chi connectivity index (χ4n) is 2.88. The summed E-state index contributed by atoms with van der Waals surface area (Å²) in [6.07, 6.45) is 1.86. The molecule has 0 bridgehead atoms. The Bertz CT molecular complexity index is 969. The molecule has 2 heterocycles. The minimum absolute atomic E-state index is 0.398. The van der Waals surface area contributed by atoms with E-state index in [9.17, 15) is 0 Å². The van der Waals surface area contributed by atoms with Gasteiger partial charge in [0.2, 0.25) is 5.88 Å². The summed E-state index contributed by atoms with van der Waals surface area (Å²) in [5.74, 6) is 0.555. The molecule has 0 saturated heterocycles. The van der Waals surface area contributed by atoms with E-state index in [0.29, 0.717) is 24.2 Å². The predicted molar refractivity (Wildman–Crippen MR) is 104 cm³/mol. The van der Waals surface area contributed by atoms with E-state index >= 15 is 0 Å². The van der Waals surface area contributed by atoms with E-state index in [1.54, 1.807) is 9.69 Å². The number of benzene rings is 2. The zero-order chi connectivity index (χ0) is 18.8. The lowest BCUT2D eigenvalue weighted by atomic mass is 10.1. The Hall–Kier alpha value is -3.06. The third kappa shape index (κ3) is 3.73. The minimum Gasteiger partial charge on any atom is -0.472 e. The van der Waals surface area contributed by atoms with Crippen molar-refractivity contribution < 1.29 is 4.74 Å². The largest absolute Gasteiger partial charge is 0.472 e. The quantitative estimate of drug-likeness (QED) is 0.656. The van der Waals surface area contributed by atoms with Crippen molar-refractivity contribution in [1.29, 1.82) is 0 Å². The summed E-state index contributed by atoms with van der Waals surface area (Å²) in [5, 5.41) is 17.1. The van der Waals surface area contributed by atoms with Crippen LogP contribution in [0.25, 0.3) is 5.69 Å². The van der Waals surface area contributed by atoms with Gasteiger partial charge in [0.25, 0.3) is 0 Å². The maximum Gasteiger partial charge on any atom is 0.233 e. The molecule has 0 saturated carbocycles. The molecule has 7 nitrogen and oxygen atoms in total. The average molecular weight is 383 g/mol. The van der Waals surface area contributed by atoms with E-state index in [2.05, 4.69) is 28.5 Å². The van der Waals surface area contributed by atoms with Crippen molar-refractivity contribution in [2.45, 2.75) is 13.5 Å². The molecule has 138 valence electrons. The minimum atomic E-state index is 0.398. The summed E-state index contributed by atoms with van der Waals surface area (Å²) in [4.78, 5) is 0. The first-order valence-corrected chi connectivity index (χ1v) is 8.91. The zero-order valence-electron chi connectivity index (χ0n) is 15.1. The Morgan fingerprint density at radius 3 is 2.63 bits per heavy atom. The average Bonchev–Trinajstić information content (AvgIpc) is 3.30. The molecule has 2 aromatic carbocycles. The van der Waals surface area contributed by atoms with E-state index in [0.717, 1.165) is 22.5 Å². The van der Waals surface area contributed by atoms with Gasteiger partial charge < -0.3 is 4.74 Å². The molecule has 0 amide bonds. The lowest BCUT2D eigenvalue weighted by Crippen LogP contribution is -2.23. The van der Waals surface area contributed by atoms with Crippen molar-refractivity contribution in [3.05, 3.63) is 70.9 Å². The fourth-order valence-corrected chi connectivity index (χ4v) is 3.00. The number of nitrogens with zero attached hydrogens (tertiary/aromatic N) is 6.